The van der Waals surface area contributed by atoms with Crippen molar-refractivity contribution in [2.75, 3.05) is 13.1 Å². The Morgan fingerprint density at radius 2 is 1.96 bits per heavy atom. The number of rotatable bonds is 3. The molecule has 1 aliphatic rings. The summed E-state index contributed by atoms with van der Waals surface area (Å²) in [5.74, 6) is 0.385. The normalized spacial score (nSPS) is 17.5. The van der Waals surface area contributed by atoms with Gasteiger partial charge in [-0.2, -0.15) is 9.40 Å². The lowest BCUT2D eigenvalue weighted by Gasteiger charge is -2.31. The average molecular weight is 398 g/mol. The molecule has 124 valence electrons. The van der Waals surface area contributed by atoms with Gasteiger partial charge in [0.25, 0.3) is 0 Å². The van der Waals surface area contributed by atoms with Gasteiger partial charge in [0, 0.05) is 30.8 Å². The van der Waals surface area contributed by atoms with Crippen molar-refractivity contribution in [3.8, 4) is 0 Å². The Morgan fingerprint density at radius 1 is 1.26 bits per heavy atom. The first-order valence-corrected chi connectivity index (χ1v) is 9.86. The Bertz CT molecular complexity index is 808. The van der Waals surface area contributed by atoms with E-state index in [1.807, 2.05) is 32.4 Å². The van der Waals surface area contributed by atoms with E-state index in [2.05, 4.69) is 21.0 Å². The molecule has 7 heteroatoms. The summed E-state index contributed by atoms with van der Waals surface area (Å²) in [5.41, 5.74) is 2.14. The van der Waals surface area contributed by atoms with Crippen LogP contribution >= 0.6 is 15.9 Å². The number of benzene rings is 1. The largest absolute Gasteiger partial charge is 0.276 e. The van der Waals surface area contributed by atoms with Crippen LogP contribution in [0.25, 0.3) is 0 Å². The Morgan fingerprint density at radius 3 is 2.57 bits per heavy atom. The first kappa shape index (κ1) is 16.7. The Hall–Kier alpha value is -1.18. The molecule has 0 aliphatic carbocycles. The summed E-state index contributed by atoms with van der Waals surface area (Å²) in [6.45, 7) is 2.99. The highest BCUT2D eigenvalue weighted by atomic mass is 79.9. The third kappa shape index (κ3) is 3.36. The van der Waals surface area contributed by atoms with E-state index in [1.54, 1.807) is 21.1 Å². The second kappa shape index (κ2) is 6.37. The molecule has 2 heterocycles. The maximum absolute atomic E-state index is 12.9. The van der Waals surface area contributed by atoms with Crippen LogP contribution in [0.1, 0.15) is 29.9 Å². The Kier molecular flexibility index (Phi) is 4.62. The molecule has 0 unspecified atom stereocenters. The molecule has 0 radical (unpaired) electrons. The fourth-order valence-corrected chi connectivity index (χ4v) is 5.51. The van der Waals surface area contributed by atoms with Crippen LogP contribution in [0.3, 0.4) is 0 Å². The van der Waals surface area contributed by atoms with Gasteiger partial charge in [-0.05, 0) is 64.9 Å². The molecule has 1 aromatic carbocycles. The quantitative estimate of drug-likeness (QED) is 0.799. The number of nitrogens with zero attached hydrogens (tertiary/aromatic N) is 3. The van der Waals surface area contributed by atoms with Gasteiger partial charge >= 0.3 is 0 Å². The fraction of sp³-hybridized carbons (Fsp3) is 0.438. The maximum Gasteiger partial charge on any atom is 0.244 e. The van der Waals surface area contributed by atoms with Crippen molar-refractivity contribution in [3.63, 3.8) is 0 Å². The van der Waals surface area contributed by atoms with Crippen LogP contribution in [0.5, 0.6) is 0 Å². The lowest BCUT2D eigenvalue weighted by Crippen LogP contribution is -2.38. The minimum atomic E-state index is -3.45. The first-order chi connectivity index (χ1) is 10.9. The Labute approximate surface area is 145 Å². The topological polar surface area (TPSA) is 55.2 Å². The number of sulfonamides is 1. The van der Waals surface area contributed by atoms with E-state index >= 15 is 0 Å². The second-order valence-electron chi connectivity index (χ2n) is 6.06. The fourth-order valence-electron chi connectivity index (χ4n) is 3.03. The highest BCUT2D eigenvalue weighted by Gasteiger charge is 2.31. The van der Waals surface area contributed by atoms with Crippen LogP contribution in [-0.2, 0) is 17.1 Å². The zero-order chi connectivity index (χ0) is 16.6. The third-order valence-corrected chi connectivity index (χ3v) is 7.25. The number of hydrogen-bond acceptors (Lipinski definition) is 3. The molecule has 0 spiro atoms. The summed E-state index contributed by atoms with van der Waals surface area (Å²) in [4.78, 5) is 0.359. The zero-order valence-corrected chi connectivity index (χ0v) is 15.6. The average Bonchev–Trinajstić information content (AvgIpc) is 2.96. The van der Waals surface area contributed by atoms with Gasteiger partial charge in [-0.1, -0.05) is 6.07 Å². The van der Waals surface area contributed by atoms with E-state index in [1.165, 1.54) is 5.56 Å². The molecule has 2 aromatic rings. The smallest absolute Gasteiger partial charge is 0.244 e. The van der Waals surface area contributed by atoms with E-state index in [0.717, 1.165) is 18.4 Å². The van der Waals surface area contributed by atoms with Gasteiger partial charge in [-0.3, -0.25) is 4.68 Å². The van der Waals surface area contributed by atoms with Gasteiger partial charge in [-0.25, -0.2) is 8.42 Å². The molecule has 0 amide bonds. The second-order valence-corrected chi connectivity index (χ2v) is 8.82. The summed E-state index contributed by atoms with van der Waals surface area (Å²) in [6.07, 6.45) is 5.56. The van der Waals surface area contributed by atoms with Crippen LogP contribution in [0.2, 0.25) is 0 Å². The third-order valence-electron chi connectivity index (χ3n) is 4.35. The minimum absolute atomic E-state index is 0.359. The first-order valence-electron chi connectivity index (χ1n) is 7.63. The summed E-state index contributed by atoms with van der Waals surface area (Å²) in [7, 11) is -1.55. The predicted octanol–water partition coefficient (Wildman–Crippen LogP) is 3.06. The van der Waals surface area contributed by atoms with Gasteiger partial charge in [0.2, 0.25) is 10.0 Å². The summed E-state index contributed by atoms with van der Waals surface area (Å²) >= 11 is 3.37. The van der Waals surface area contributed by atoms with E-state index in [-0.39, 0.29) is 0 Å². The van der Waals surface area contributed by atoms with Gasteiger partial charge in [-0.15, -0.1) is 0 Å². The zero-order valence-electron chi connectivity index (χ0n) is 13.2. The van der Waals surface area contributed by atoms with Crippen molar-refractivity contribution in [3.05, 3.63) is 46.2 Å². The summed E-state index contributed by atoms with van der Waals surface area (Å²) in [6, 6.07) is 5.43. The highest BCUT2D eigenvalue weighted by Crippen LogP contribution is 2.32. The lowest BCUT2D eigenvalue weighted by atomic mass is 9.93. The number of aryl methyl sites for hydroxylation is 2. The van der Waals surface area contributed by atoms with Crippen molar-refractivity contribution >= 4 is 26.0 Å². The van der Waals surface area contributed by atoms with Crippen molar-refractivity contribution in [1.29, 1.82) is 0 Å². The van der Waals surface area contributed by atoms with E-state index < -0.39 is 10.0 Å². The number of halogens is 1. The molecular formula is C16H20BrN3O2S. The molecule has 1 fully saturated rings. The van der Waals surface area contributed by atoms with Gasteiger partial charge in [0.15, 0.2) is 0 Å². The van der Waals surface area contributed by atoms with E-state index in [9.17, 15) is 8.42 Å². The van der Waals surface area contributed by atoms with Gasteiger partial charge in [0.05, 0.1) is 11.1 Å². The molecule has 5 nitrogen and oxygen atoms in total. The maximum atomic E-state index is 12.9. The molecule has 1 aromatic heterocycles. The van der Waals surface area contributed by atoms with Gasteiger partial charge < -0.3 is 0 Å². The van der Waals surface area contributed by atoms with Crippen LogP contribution in [0.15, 0.2) is 40.0 Å². The SMILES string of the molecule is Cc1ccc(Br)c(S(=O)(=O)N2CCC(c3cnn(C)c3)CC2)c1. The highest BCUT2D eigenvalue weighted by molar-refractivity contribution is 9.10. The summed E-state index contributed by atoms with van der Waals surface area (Å²) in [5, 5.41) is 4.21. The van der Waals surface area contributed by atoms with Gasteiger partial charge in [0.1, 0.15) is 0 Å². The summed E-state index contributed by atoms with van der Waals surface area (Å²) < 4.78 is 29.8. The van der Waals surface area contributed by atoms with E-state index in [0.29, 0.717) is 28.4 Å². The number of aromatic nitrogens is 2. The molecule has 1 saturated heterocycles. The number of piperidine rings is 1. The predicted molar refractivity (Wildman–Crippen MR) is 92.8 cm³/mol. The van der Waals surface area contributed by atoms with Crippen LogP contribution < -0.4 is 0 Å². The molecular weight excluding hydrogens is 378 g/mol. The van der Waals surface area contributed by atoms with Crippen LogP contribution in [-0.4, -0.2) is 35.6 Å². The monoisotopic (exact) mass is 397 g/mol. The van der Waals surface area contributed by atoms with Crippen molar-refractivity contribution in [1.82, 2.24) is 14.1 Å². The molecule has 0 bridgehead atoms. The Balaban J connectivity index is 1.77. The van der Waals surface area contributed by atoms with Crippen LogP contribution in [0, 0.1) is 6.92 Å². The molecule has 3 rings (SSSR count). The van der Waals surface area contributed by atoms with Crippen molar-refractivity contribution in [2.45, 2.75) is 30.6 Å². The number of hydrogen-bond donors (Lipinski definition) is 0. The molecule has 0 saturated carbocycles. The van der Waals surface area contributed by atoms with Crippen molar-refractivity contribution < 1.29 is 8.42 Å². The standard InChI is InChI=1S/C16H20BrN3O2S/c1-12-3-4-15(17)16(9-12)23(21,22)20-7-5-13(6-8-20)14-10-18-19(2)11-14/h3-4,9-11,13H,5-8H2,1-2H3. The van der Waals surface area contributed by atoms with E-state index in [4.69, 9.17) is 0 Å². The van der Waals surface area contributed by atoms with Crippen molar-refractivity contribution in [2.24, 2.45) is 7.05 Å². The minimum Gasteiger partial charge on any atom is -0.276 e. The lowest BCUT2D eigenvalue weighted by molar-refractivity contribution is 0.319. The molecule has 0 atom stereocenters. The molecule has 0 N–H and O–H groups in total. The molecule has 23 heavy (non-hydrogen) atoms. The molecule has 1 aliphatic heterocycles. The van der Waals surface area contributed by atoms with Crippen LogP contribution in [0.4, 0.5) is 0 Å².